The molecule has 0 aliphatic rings. The minimum absolute atomic E-state index is 0.0500. The maximum atomic E-state index is 5.38. The maximum Gasteiger partial charge on any atom is 0.0639 e. The Bertz CT molecular complexity index is 345. The maximum absolute atomic E-state index is 5.38. The fourth-order valence-electron chi connectivity index (χ4n) is 1.61. The summed E-state index contributed by atoms with van der Waals surface area (Å²) in [6, 6.07) is 6.48. The van der Waals surface area contributed by atoms with Gasteiger partial charge in [-0.25, -0.2) is 0 Å². The fourth-order valence-corrected chi connectivity index (χ4v) is 1.61. The van der Waals surface area contributed by atoms with E-state index in [0.717, 1.165) is 13.0 Å². The molecule has 1 N–H and O–H groups in total. The predicted molar refractivity (Wildman–Crippen MR) is 70.1 cm³/mol. The molecule has 1 aromatic carbocycles. The Morgan fingerprint density at radius 1 is 1.25 bits per heavy atom. The zero-order valence-corrected chi connectivity index (χ0v) is 11.1. The van der Waals surface area contributed by atoms with Crippen molar-refractivity contribution in [3.8, 4) is 0 Å². The van der Waals surface area contributed by atoms with Gasteiger partial charge in [-0.05, 0) is 45.7 Å². The summed E-state index contributed by atoms with van der Waals surface area (Å²) in [4.78, 5) is 0. The number of nitrogens with one attached hydrogen (secondary N) is 1. The molecule has 0 fully saturated rings. The lowest BCUT2D eigenvalue weighted by atomic mass is 10.1. The first kappa shape index (κ1) is 13.0. The third kappa shape index (κ3) is 3.86. The monoisotopic (exact) mass is 221 g/mol. The van der Waals surface area contributed by atoms with Crippen LogP contribution in [-0.4, -0.2) is 19.3 Å². The van der Waals surface area contributed by atoms with Gasteiger partial charge in [0.05, 0.1) is 5.60 Å². The number of hydrogen-bond acceptors (Lipinski definition) is 2. The lowest BCUT2D eigenvalue weighted by molar-refractivity contribution is 0.0185. The Morgan fingerprint density at radius 3 is 2.50 bits per heavy atom. The van der Waals surface area contributed by atoms with Gasteiger partial charge in [-0.1, -0.05) is 17.7 Å². The van der Waals surface area contributed by atoms with E-state index in [0.29, 0.717) is 0 Å². The van der Waals surface area contributed by atoms with E-state index >= 15 is 0 Å². The minimum Gasteiger partial charge on any atom is -0.385 e. The van der Waals surface area contributed by atoms with Crippen molar-refractivity contribution >= 4 is 5.69 Å². The molecular formula is C14H23NO. The highest BCUT2D eigenvalue weighted by Gasteiger charge is 2.15. The second kappa shape index (κ2) is 5.35. The summed E-state index contributed by atoms with van der Waals surface area (Å²) in [7, 11) is 1.76. The van der Waals surface area contributed by atoms with Gasteiger partial charge >= 0.3 is 0 Å². The van der Waals surface area contributed by atoms with Crippen LogP contribution in [0.3, 0.4) is 0 Å². The first-order valence-electron chi connectivity index (χ1n) is 5.81. The second-order valence-electron chi connectivity index (χ2n) is 4.96. The van der Waals surface area contributed by atoms with Gasteiger partial charge in [0.1, 0.15) is 0 Å². The molecule has 0 aliphatic heterocycles. The minimum atomic E-state index is -0.0500. The topological polar surface area (TPSA) is 21.3 Å². The Balaban J connectivity index is 2.49. The first-order valence-corrected chi connectivity index (χ1v) is 5.81. The quantitative estimate of drug-likeness (QED) is 0.821. The standard InChI is InChI=1S/C14H23NO/c1-11-6-7-13(12(2)10-11)15-9-8-14(3,4)16-5/h6-7,10,15H,8-9H2,1-5H3. The van der Waals surface area contributed by atoms with Gasteiger partial charge in [0, 0.05) is 19.3 Å². The lowest BCUT2D eigenvalue weighted by Gasteiger charge is -2.23. The Morgan fingerprint density at radius 2 is 1.94 bits per heavy atom. The summed E-state index contributed by atoms with van der Waals surface area (Å²) in [6.07, 6.45) is 0.997. The molecule has 0 saturated heterocycles. The zero-order chi connectivity index (χ0) is 12.2. The van der Waals surface area contributed by atoms with Crippen LogP contribution in [0.2, 0.25) is 0 Å². The Hall–Kier alpha value is -1.02. The molecule has 1 aromatic rings. The second-order valence-corrected chi connectivity index (χ2v) is 4.96. The SMILES string of the molecule is COC(C)(C)CCNc1ccc(C)cc1C. The Kier molecular flexibility index (Phi) is 4.36. The summed E-state index contributed by atoms with van der Waals surface area (Å²) in [6.45, 7) is 9.40. The van der Waals surface area contributed by atoms with E-state index in [4.69, 9.17) is 4.74 Å². The molecule has 0 aromatic heterocycles. The van der Waals surface area contributed by atoms with E-state index < -0.39 is 0 Å². The van der Waals surface area contributed by atoms with E-state index in [1.807, 2.05) is 0 Å². The van der Waals surface area contributed by atoms with Gasteiger partial charge in [0.25, 0.3) is 0 Å². The van der Waals surface area contributed by atoms with Gasteiger partial charge in [-0.15, -0.1) is 0 Å². The number of rotatable bonds is 5. The average Bonchev–Trinajstić information content (AvgIpc) is 2.21. The van der Waals surface area contributed by atoms with Gasteiger partial charge < -0.3 is 10.1 Å². The van der Waals surface area contributed by atoms with Crippen molar-refractivity contribution in [2.45, 2.75) is 39.7 Å². The molecular weight excluding hydrogens is 198 g/mol. The van der Waals surface area contributed by atoms with Crippen molar-refractivity contribution in [2.24, 2.45) is 0 Å². The number of anilines is 1. The summed E-state index contributed by atoms with van der Waals surface area (Å²) in [5, 5.41) is 3.45. The van der Waals surface area contributed by atoms with Gasteiger partial charge in [0.15, 0.2) is 0 Å². The van der Waals surface area contributed by atoms with Crippen molar-refractivity contribution in [3.05, 3.63) is 29.3 Å². The van der Waals surface area contributed by atoms with Crippen LogP contribution in [0, 0.1) is 13.8 Å². The smallest absolute Gasteiger partial charge is 0.0639 e. The van der Waals surface area contributed by atoms with E-state index in [9.17, 15) is 0 Å². The number of hydrogen-bond donors (Lipinski definition) is 1. The van der Waals surface area contributed by atoms with Crippen LogP contribution < -0.4 is 5.32 Å². The molecule has 16 heavy (non-hydrogen) atoms. The third-order valence-electron chi connectivity index (χ3n) is 2.98. The summed E-state index contributed by atoms with van der Waals surface area (Å²) in [5.74, 6) is 0. The van der Waals surface area contributed by atoms with E-state index in [-0.39, 0.29) is 5.60 Å². The fraction of sp³-hybridized carbons (Fsp3) is 0.571. The lowest BCUT2D eigenvalue weighted by Crippen LogP contribution is -2.25. The molecule has 90 valence electrons. The van der Waals surface area contributed by atoms with E-state index in [1.165, 1.54) is 16.8 Å². The van der Waals surface area contributed by atoms with Crippen molar-refractivity contribution in [3.63, 3.8) is 0 Å². The van der Waals surface area contributed by atoms with Crippen molar-refractivity contribution in [1.29, 1.82) is 0 Å². The highest BCUT2D eigenvalue weighted by Crippen LogP contribution is 2.18. The van der Waals surface area contributed by atoms with Crippen molar-refractivity contribution in [2.75, 3.05) is 19.0 Å². The molecule has 0 spiro atoms. The normalized spacial score (nSPS) is 11.6. The Labute approximate surface area is 99.0 Å². The number of aryl methyl sites for hydroxylation is 2. The van der Waals surface area contributed by atoms with Crippen LogP contribution in [0.1, 0.15) is 31.4 Å². The zero-order valence-electron chi connectivity index (χ0n) is 11.1. The van der Waals surface area contributed by atoms with Gasteiger partial charge in [-0.3, -0.25) is 0 Å². The molecule has 0 atom stereocenters. The van der Waals surface area contributed by atoms with Crippen LogP contribution in [0.4, 0.5) is 5.69 Å². The van der Waals surface area contributed by atoms with E-state index in [1.54, 1.807) is 7.11 Å². The summed E-state index contributed by atoms with van der Waals surface area (Å²) < 4.78 is 5.38. The molecule has 2 heteroatoms. The highest BCUT2D eigenvalue weighted by atomic mass is 16.5. The van der Waals surface area contributed by atoms with Gasteiger partial charge in [-0.2, -0.15) is 0 Å². The van der Waals surface area contributed by atoms with Crippen LogP contribution >= 0.6 is 0 Å². The van der Waals surface area contributed by atoms with E-state index in [2.05, 4.69) is 51.2 Å². The number of ether oxygens (including phenoxy) is 1. The third-order valence-corrected chi connectivity index (χ3v) is 2.98. The first-order chi connectivity index (χ1) is 7.44. The predicted octanol–water partition coefficient (Wildman–Crippen LogP) is 3.53. The molecule has 0 bridgehead atoms. The number of benzene rings is 1. The van der Waals surface area contributed by atoms with Crippen molar-refractivity contribution < 1.29 is 4.74 Å². The van der Waals surface area contributed by atoms with Crippen LogP contribution in [0.25, 0.3) is 0 Å². The summed E-state index contributed by atoms with van der Waals surface area (Å²) >= 11 is 0. The molecule has 0 saturated carbocycles. The van der Waals surface area contributed by atoms with Crippen LogP contribution in [0.5, 0.6) is 0 Å². The number of methoxy groups -OCH3 is 1. The molecule has 0 amide bonds. The average molecular weight is 221 g/mol. The molecule has 0 aliphatic carbocycles. The van der Waals surface area contributed by atoms with Gasteiger partial charge in [0.2, 0.25) is 0 Å². The molecule has 0 unspecified atom stereocenters. The molecule has 2 nitrogen and oxygen atoms in total. The van der Waals surface area contributed by atoms with Crippen molar-refractivity contribution in [1.82, 2.24) is 0 Å². The highest BCUT2D eigenvalue weighted by molar-refractivity contribution is 5.51. The molecule has 1 rings (SSSR count). The molecule has 0 heterocycles. The van der Waals surface area contributed by atoms with Crippen LogP contribution in [-0.2, 0) is 4.74 Å². The summed E-state index contributed by atoms with van der Waals surface area (Å²) in [5.41, 5.74) is 3.78. The largest absolute Gasteiger partial charge is 0.385 e. The van der Waals surface area contributed by atoms with Crippen LogP contribution in [0.15, 0.2) is 18.2 Å². The molecule has 0 radical (unpaired) electrons.